The molecule has 0 fully saturated rings. The zero-order valence-electron chi connectivity index (χ0n) is 15.3. The first-order valence-corrected chi connectivity index (χ1v) is 9.11. The number of allylic oxidation sites excluding steroid dienone is 1. The molecule has 3 aromatic carbocycles. The van der Waals surface area contributed by atoms with Crippen molar-refractivity contribution in [3.8, 4) is 17.2 Å². The maximum atomic E-state index is 12.6. The molecule has 1 aliphatic rings. The number of benzene rings is 3. The van der Waals surface area contributed by atoms with Crippen LogP contribution in [0.5, 0.6) is 17.2 Å². The van der Waals surface area contributed by atoms with Crippen molar-refractivity contribution in [2.75, 3.05) is 7.11 Å². The van der Waals surface area contributed by atoms with Crippen LogP contribution in [0.1, 0.15) is 26.3 Å². The summed E-state index contributed by atoms with van der Waals surface area (Å²) in [5.41, 5.74) is 1.50. The summed E-state index contributed by atoms with van der Waals surface area (Å²) in [6.07, 6.45) is 1.64. The number of methoxy groups -OCH3 is 1. The molecule has 0 saturated heterocycles. The van der Waals surface area contributed by atoms with Crippen molar-refractivity contribution in [2.24, 2.45) is 0 Å². The maximum Gasteiger partial charge on any atom is 0.343 e. The fourth-order valence-electron chi connectivity index (χ4n) is 2.89. The lowest BCUT2D eigenvalue weighted by molar-refractivity contribution is 0.0734. The van der Waals surface area contributed by atoms with Crippen LogP contribution in [-0.2, 0) is 0 Å². The molecule has 3 aromatic rings. The van der Waals surface area contributed by atoms with Crippen LogP contribution >= 0.6 is 11.6 Å². The number of hydrogen-bond acceptors (Lipinski definition) is 5. The molecule has 0 aromatic heterocycles. The van der Waals surface area contributed by atoms with Gasteiger partial charge in [0.15, 0.2) is 5.76 Å². The van der Waals surface area contributed by atoms with Crippen molar-refractivity contribution >= 4 is 29.4 Å². The smallest absolute Gasteiger partial charge is 0.343 e. The molecular formula is C23H15ClO5. The quantitative estimate of drug-likeness (QED) is 0.339. The molecule has 1 heterocycles. The Morgan fingerprint density at radius 1 is 1.00 bits per heavy atom. The van der Waals surface area contributed by atoms with E-state index >= 15 is 0 Å². The molecule has 0 unspecified atom stereocenters. The van der Waals surface area contributed by atoms with E-state index in [-0.39, 0.29) is 17.3 Å². The van der Waals surface area contributed by atoms with Gasteiger partial charge in [-0.3, -0.25) is 4.79 Å². The third-order valence-corrected chi connectivity index (χ3v) is 4.54. The summed E-state index contributed by atoms with van der Waals surface area (Å²) in [7, 11) is 1.57. The van der Waals surface area contributed by atoms with E-state index in [1.54, 1.807) is 49.6 Å². The number of ketones is 1. The summed E-state index contributed by atoms with van der Waals surface area (Å²) in [6, 6.07) is 18.4. The number of hydrogen-bond donors (Lipinski definition) is 0. The molecule has 1 aliphatic heterocycles. The predicted molar refractivity (Wildman–Crippen MR) is 109 cm³/mol. The van der Waals surface area contributed by atoms with Gasteiger partial charge in [-0.1, -0.05) is 29.8 Å². The Balaban J connectivity index is 1.55. The molecule has 0 atom stereocenters. The molecule has 0 saturated carbocycles. The Bertz CT molecular complexity index is 1150. The van der Waals surface area contributed by atoms with E-state index in [4.69, 9.17) is 25.8 Å². The molecule has 0 radical (unpaired) electrons. The lowest BCUT2D eigenvalue weighted by Crippen LogP contribution is -2.08. The molecule has 6 heteroatoms. The van der Waals surface area contributed by atoms with E-state index < -0.39 is 5.97 Å². The number of fused-ring (bicyclic) bond motifs is 1. The summed E-state index contributed by atoms with van der Waals surface area (Å²) >= 11 is 5.91. The second-order valence-corrected chi connectivity index (χ2v) is 6.71. The van der Waals surface area contributed by atoms with Crippen LogP contribution in [0.25, 0.3) is 6.08 Å². The molecule has 5 nitrogen and oxygen atoms in total. The highest BCUT2D eigenvalue weighted by Crippen LogP contribution is 2.35. The minimum absolute atomic E-state index is 0.187. The van der Waals surface area contributed by atoms with E-state index in [9.17, 15) is 9.59 Å². The van der Waals surface area contributed by atoms with Gasteiger partial charge < -0.3 is 14.2 Å². The minimum atomic E-state index is -0.552. The van der Waals surface area contributed by atoms with Crippen molar-refractivity contribution in [1.29, 1.82) is 0 Å². The molecule has 0 spiro atoms. The van der Waals surface area contributed by atoms with Crippen LogP contribution < -0.4 is 14.2 Å². The van der Waals surface area contributed by atoms with Crippen molar-refractivity contribution in [2.45, 2.75) is 0 Å². The number of ether oxygens (including phenoxy) is 3. The molecule has 0 amide bonds. The number of carbonyl (C=O) groups excluding carboxylic acids is 2. The highest BCUT2D eigenvalue weighted by Gasteiger charge is 2.28. The Kier molecular flexibility index (Phi) is 5.06. The van der Waals surface area contributed by atoms with Gasteiger partial charge in [-0.05, 0) is 54.1 Å². The van der Waals surface area contributed by atoms with Gasteiger partial charge in [-0.25, -0.2) is 4.79 Å². The average molecular weight is 407 g/mol. The van der Waals surface area contributed by atoms with Gasteiger partial charge in [0.05, 0.1) is 18.2 Å². The fourth-order valence-corrected chi connectivity index (χ4v) is 3.09. The zero-order chi connectivity index (χ0) is 20.4. The third-order valence-electron chi connectivity index (χ3n) is 4.30. The van der Waals surface area contributed by atoms with E-state index in [1.165, 1.54) is 12.1 Å². The van der Waals surface area contributed by atoms with Crippen LogP contribution in [0.3, 0.4) is 0 Å². The first kappa shape index (κ1) is 18.8. The molecule has 0 aliphatic carbocycles. The van der Waals surface area contributed by atoms with Crippen LogP contribution in [-0.4, -0.2) is 18.9 Å². The highest BCUT2D eigenvalue weighted by atomic mass is 35.5. The van der Waals surface area contributed by atoms with E-state index in [1.807, 2.05) is 18.2 Å². The van der Waals surface area contributed by atoms with Crippen LogP contribution in [0.4, 0.5) is 0 Å². The fraction of sp³-hybridized carbons (Fsp3) is 0.0435. The normalized spacial score (nSPS) is 13.7. The van der Waals surface area contributed by atoms with Gasteiger partial charge in [0, 0.05) is 11.1 Å². The third kappa shape index (κ3) is 4.00. The summed E-state index contributed by atoms with van der Waals surface area (Å²) in [5, 5.41) is 0.439. The first-order chi connectivity index (χ1) is 14.0. The predicted octanol–water partition coefficient (Wildman–Crippen LogP) is 5.18. The van der Waals surface area contributed by atoms with Crippen LogP contribution in [0, 0.1) is 0 Å². The van der Waals surface area contributed by atoms with Gasteiger partial charge in [0.1, 0.15) is 17.2 Å². The standard InChI is InChI=1S/C23H15ClO5/c1-27-17-7-2-4-14(10-17)11-21-22(25)19-9-8-18(13-20(19)29-21)28-23(26)15-5-3-6-16(24)12-15/h2-13H,1H3/b21-11-. The van der Waals surface area contributed by atoms with E-state index in [2.05, 4.69) is 0 Å². The average Bonchev–Trinajstić information content (AvgIpc) is 3.03. The minimum Gasteiger partial charge on any atom is -0.497 e. The summed E-state index contributed by atoms with van der Waals surface area (Å²) in [4.78, 5) is 24.9. The Morgan fingerprint density at radius 2 is 1.83 bits per heavy atom. The van der Waals surface area contributed by atoms with E-state index in [0.29, 0.717) is 27.6 Å². The molecule has 4 rings (SSSR count). The number of esters is 1. The van der Waals surface area contributed by atoms with Gasteiger partial charge in [0.25, 0.3) is 0 Å². The zero-order valence-corrected chi connectivity index (χ0v) is 16.1. The van der Waals surface area contributed by atoms with Gasteiger partial charge in [0.2, 0.25) is 5.78 Å². The maximum absolute atomic E-state index is 12.6. The van der Waals surface area contributed by atoms with Crippen molar-refractivity contribution < 1.29 is 23.8 Å². The SMILES string of the molecule is COc1cccc(/C=C2\Oc3cc(OC(=O)c4cccc(Cl)c4)ccc3C2=O)c1. The molecule has 144 valence electrons. The Labute approximate surface area is 172 Å². The monoisotopic (exact) mass is 406 g/mol. The van der Waals surface area contributed by atoms with Crippen LogP contribution in [0.2, 0.25) is 5.02 Å². The lowest BCUT2D eigenvalue weighted by Gasteiger charge is -2.06. The molecule has 29 heavy (non-hydrogen) atoms. The van der Waals surface area contributed by atoms with Gasteiger partial charge >= 0.3 is 5.97 Å². The second-order valence-electron chi connectivity index (χ2n) is 6.27. The summed E-state index contributed by atoms with van der Waals surface area (Å²) in [6.45, 7) is 0. The van der Waals surface area contributed by atoms with Crippen LogP contribution in [0.15, 0.2) is 72.5 Å². The summed E-state index contributed by atoms with van der Waals surface area (Å²) in [5.74, 6) is 0.674. The van der Waals surface area contributed by atoms with Crippen molar-refractivity contribution in [3.05, 3.63) is 94.2 Å². The molecule has 0 N–H and O–H groups in total. The number of halogens is 1. The first-order valence-electron chi connectivity index (χ1n) is 8.73. The number of Topliss-reactive ketones (excluding diaryl/α,β-unsaturated/α-hetero) is 1. The molecule has 0 bridgehead atoms. The molecular weight excluding hydrogens is 392 g/mol. The van der Waals surface area contributed by atoms with E-state index in [0.717, 1.165) is 5.56 Å². The number of rotatable bonds is 4. The van der Waals surface area contributed by atoms with Gasteiger partial charge in [-0.15, -0.1) is 0 Å². The second kappa shape index (κ2) is 7.81. The summed E-state index contributed by atoms with van der Waals surface area (Å²) < 4.78 is 16.3. The lowest BCUT2D eigenvalue weighted by atomic mass is 10.1. The van der Waals surface area contributed by atoms with Crippen molar-refractivity contribution in [1.82, 2.24) is 0 Å². The topological polar surface area (TPSA) is 61.8 Å². The number of carbonyl (C=O) groups is 2. The Hall–Kier alpha value is -3.57. The van der Waals surface area contributed by atoms with Crippen molar-refractivity contribution in [3.63, 3.8) is 0 Å². The Morgan fingerprint density at radius 3 is 2.62 bits per heavy atom. The van der Waals surface area contributed by atoms with Gasteiger partial charge in [-0.2, -0.15) is 0 Å². The highest BCUT2D eigenvalue weighted by molar-refractivity contribution is 6.30. The largest absolute Gasteiger partial charge is 0.497 e.